The van der Waals surface area contributed by atoms with Crippen LogP contribution in [-0.2, 0) is 11.8 Å². The van der Waals surface area contributed by atoms with E-state index >= 15 is 0 Å². The summed E-state index contributed by atoms with van der Waals surface area (Å²) in [5, 5.41) is 13.6. The van der Waals surface area contributed by atoms with Crippen LogP contribution in [0.4, 0.5) is 0 Å². The molecule has 1 aliphatic heterocycles. The molecular weight excluding hydrogens is 296 g/mol. The standard InChI is InChI=1S/C16H18N4O3/c1-19-8-14(7-18-19)12-6-13(16(22)23)10-20(9-12)15(21)11-2-4-17-5-3-11/h2-5,7-8,12-13H,6,9-10H2,1H3,(H,22,23). The molecule has 3 rings (SSSR count). The Bertz CT molecular complexity index is 713. The van der Waals surface area contributed by atoms with Gasteiger partial charge in [0, 0.05) is 50.2 Å². The lowest BCUT2D eigenvalue weighted by molar-refractivity contribution is -0.143. The summed E-state index contributed by atoms with van der Waals surface area (Å²) in [6.45, 7) is 0.726. The lowest BCUT2D eigenvalue weighted by atomic mass is 9.85. The minimum Gasteiger partial charge on any atom is -0.481 e. The molecule has 0 spiro atoms. The molecule has 1 fully saturated rings. The fraction of sp³-hybridized carbons (Fsp3) is 0.375. The number of carbonyl (C=O) groups excluding carboxylic acids is 1. The summed E-state index contributed by atoms with van der Waals surface area (Å²) in [6, 6.07) is 3.29. The number of likely N-dealkylation sites (tertiary alicyclic amines) is 1. The number of rotatable bonds is 3. The van der Waals surface area contributed by atoms with Gasteiger partial charge in [0.2, 0.25) is 0 Å². The van der Waals surface area contributed by atoms with E-state index in [1.807, 2.05) is 13.2 Å². The Hall–Kier alpha value is -2.70. The molecule has 0 aromatic carbocycles. The first-order valence-electron chi connectivity index (χ1n) is 7.45. The van der Waals surface area contributed by atoms with E-state index in [1.54, 1.807) is 40.3 Å². The minimum absolute atomic E-state index is 0.0238. The van der Waals surface area contributed by atoms with Crippen LogP contribution in [0.15, 0.2) is 36.9 Å². The van der Waals surface area contributed by atoms with Crippen LogP contribution in [0.2, 0.25) is 0 Å². The van der Waals surface area contributed by atoms with Crippen molar-refractivity contribution in [2.45, 2.75) is 12.3 Å². The van der Waals surface area contributed by atoms with Crippen LogP contribution in [0.3, 0.4) is 0 Å². The zero-order chi connectivity index (χ0) is 16.4. The Kier molecular flexibility index (Phi) is 4.10. The zero-order valence-corrected chi connectivity index (χ0v) is 12.8. The largest absolute Gasteiger partial charge is 0.481 e. The van der Waals surface area contributed by atoms with Gasteiger partial charge >= 0.3 is 5.97 Å². The lowest BCUT2D eigenvalue weighted by Gasteiger charge is -2.36. The van der Waals surface area contributed by atoms with Crippen LogP contribution < -0.4 is 0 Å². The number of aliphatic carboxylic acids is 1. The van der Waals surface area contributed by atoms with Crippen LogP contribution in [0, 0.1) is 5.92 Å². The van der Waals surface area contributed by atoms with Gasteiger partial charge in [-0.15, -0.1) is 0 Å². The van der Waals surface area contributed by atoms with Gasteiger partial charge < -0.3 is 10.0 Å². The van der Waals surface area contributed by atoms with E-state index in [4.69, 9.17) is 0 Å². The highest BCUT2D eigenvalue weighted by Gasteiger charge is 2.35. The summed E-state index contributed by atoms with van der Waals surface area (Å²) >= 11 is 0. The normalized spacial score (nSPS) is 21.2. The molecule has 1 N–H and O–H groups in total. The summed E-state index contributed by atoms with van der Waals surface area (Å²) < 4.78 is 1.69. The average molecular weight is 314 g/mol. The van der Waals surface area contributed by atoms with Crippen LogP contribution in [0.1, 0.15) is 28.3 Å². The Morgan fingerprint density at radius 1 is 1.26 bits per heavy atom. The molecule has 1 aliphatic rings. The van der Waals surface area contributed by atoms with Crippen molar-refractivity contribution in [3.63, 3.8) is 0 Å². The van der Waals surface area contributed by atoms with Crippen molar-refractivity contribution >= 4 is 11.9 Å². The molecule has 1 amide bonds. The number of pyridine rings is 1. The topological polar surface area (TPSA) is 88.3 Å². The number of carboxylic acids is 1. The molecule has 2 aromatic heterocycles. The van der Waals surface area contributed by atoms with Crippen molar-refractivity contribution in [1.82, 2.24) is 19.7 Å². The monoisotopic (exact) mass is 314 g/mol. The third-order valence-corrected chi connectivity index (χ3v) is 4.21. The summed E-state index contributed by atoms with van der Waals surface area (Å²) in [5.41, 5.74) is 1.49. The number of nitrogens with zero attached hydrogens (tertiary/aromatic N) is 4. The number of carboxylic acid groups (broad SMARTS) is 1. The molecule has 0 radical (unpaired) electrons. The fourth-order valence-electron chi connectivity index (χ4n) is 3.01. The van der Waals surface area contributed by atoms with E-state index in [1.165, 1.54) is 0 Å². The van der Waals surface area contributed by atoms with E-state index < -0.39 is 11.9 Å². The number of carbonyl (C=O) groups is 2. The number of hydrogen-bond acceptors (Lipinski definition) is 4. The van der Waals surface area contributed by atoms with Crippen molar-refractivity contribution in [3.8, 4) is 0 Å². The molecule has 2 unspecified atom stereocenters. The fourth-order valence-corrected chi connectivity index (χ4v) is 3.01. The lowest BCUT2D eigenvalue weighted by Crippen LogP contribution is -2.45. The molecule has 2 aromatic rings. The third-order valence-electron chi connectivity index (χ3n) is 4.21. The van der Waals surface area contributed by atoms with Gasteiger partial charge in [0.15, 0.2) is 0 Å². The van der Waals surface area contributed by atoms with Crippen molar-refractivity contribution < 1.29 is 14.7 Å². The highest BCUT2D eigenvalue weighted by atomic mass is 16.4. The van der Waals surface area contributed by atoms with E-state index in [0.717, 1.165) is 5.56 Å². The van der Waals surface area contributed by atoms with Gasteiger partial charge in [-0.3, -0.25) is 19.3 Å². The molecule has 7 nitrogen and oxygen atoms in total. The molecule has 7 heteroatoms. The summed E-state index contributed by atoms with van der Waals surface area (Å²) in [4.78, 5) is 29.6. The highest BCUT2D eigenvalue weighted by Crippen LogP contribution is 2.31. The minimum atomic E-state index is -0.869. The smallest absolute Gasteiger partial charge is 0.308 e. The van der Waals surface area contributed by atoms with E-state index in [2.05, 4.69) is 10.1 Å². The van der Waals surface area contributed by atoms with Gasteiger partial charge in [-0.1, -0.05) is 0 Å². The van der Waals surface area contributed by atoms with Gasteiger partial charge in [0.1, 0.15) is 0 Å². The molecule has 2 atom stereocenters. The second-order valence-electron chi connectivity index (χ2n) is 5.86. The molecule has 23 heavy (non-hydrogen) atoms. The summed E-state index contributed by atoms with van der Waals surface area (Å²) in [7, 11) is 1.82. The first-order chi connectivity index (χ1) is 11.0. The van der Waals surface area contributed by atoms with Crippen LogP contribution in [0.25, 0.3) is 0 Å². The van der Waals surface area contributed by atoms with E-state index in [9.17, 15) is 14.7 Å². The number of amides is 1. The average Bonchev–Trinajstić information content (AvgIpc) is 3.01. The SMILES string of the molecule is Cn1cc(C2CC(C(=O)O)CN(C(=O)c3ccncc3)C2)cn1. The summed E-state index contributed by atoms with van der Waals surface area (Å²) in [5.74, 6) is -1.62. The molecule has 120 valence electrons. The van der Waals surface area contributed by atoms with Crippen LogP contribution >= 0.6 is 0 Å². The van der Waals surface area contributed by atoms with Crippen molar-refractivity contribution in [3.05, 3.63) is 48.0 Å². The Labute approximate surface area is 133 Å². The number of piperidine rings is 1. The predicted octanol–water partition coefficient (Wildman–Crippen LogP) is 1.15. The quantitative estimate of drug-likeness (QED) is 0.918. The molecule has 0 aliphatic carbocycles. The molecule has 1 saturated heterocycles. The predicted molar refractivity (Wildman–Crippen MR) is 81.8 cm³/mol. The van der Waals surface area contributed by atoms with Gasteiger partial charge in [-0.05, 0) is 24.1 Å². The Balaban J connectivity index is 1.85. The van der Waals surface area contributed by atoms with Crippen molar-refractivity contribution in [2.24, 2.45) is 13.0 Å². The third kappa shape index (κ3) is 3.23. The maximum Gasteiger partial charge on any atom is 0.308 e. The number of aromatic nitrogens is 3. The molecule has 3 heterocycles. The Morgan fingerprint density at radius 3 is 2.61 bits per heavy atom. The van der Waals surface area contributed by atoms with Crippen LogP contribution in [0.5, 0.6) is 0 Å². The van der Waals surface area contributed by atoms with E-state index in [-0.39, 0.29) is 18.4 Å². The molecular formula is C16H18N4O3. The van der Waals surface area contributed by atoms with Crippen molar-refractivity contribution in [1.29, 1.82) is 0 Å². The highest BCUT2D eigenvalue weighted by molar-refractivity contribution is 5.94. The second-order valence-corrected chi connectivity index (χ2v) is 5.86. The maximum absolute atomic E-state index is 12.6. The maximum atomic E-state index is 12.6. The van der Waals surface area contributed by atoms with Crippen molar-refractivity contribution in [2.75, 3.05) is 13.1 Å². The first-order valence-corrected chi connectivity index (χ1v) is 7.45. The zero-order valence-electron chi connectivity index (χ0n) is 12.8. The number of hydrogen-bond donors (Lipinski definition) is 1. The van der Waals surface area contributed by atoms with Gasteiger partial charge in [0.05, 0.1) is 12.1 Å². The van der Waals surface area contributed by atoms with E-state index in [0.29, 0.717) is 18.5 Å². The number of aryl methyl sites for hydroxylation is 1. The second kappa shape index (κ2) is 6.20. The van der Waals surface area contributed by atoms with Gasteiger partial charge in [0.25, 0.3) is 5.91 Å². The summed E-state index contributed by atoms with van der Waals surface area (Å²) in [6.07, 6.45) is 7.25. The molecule has 0 bridgehead atoms. The van der Waals surface area contributed by atoms with Crippen LogP contribution in [-0.4, -0.2) is 49.7 Å². The van der Waals surface area contributed by atoms with Gasteiger partial charge in [-0.2, -0.15) is 5.10 Å². The Morgan fingerprint density at radius 2 is 2.00 bits per heavy atom. The van der Waals surface area contributed by atoms with Gasteiger partial charge in [-0.25, -0.2) is 0 Å². The first kappa shape index (κ1) is 15.2. The molecule has 0 saturated carbocycles.